The van der Waals surface area contributed by atoms with E-state index in [0.29, 0.717) is 10.7 Å². The van der Waals surface area contributed by atoms with Crippen LogP contribution in [-0.2, 0) is 10.5 Å². The van der Waals surface area contributed by atoms with Crippen molar-refractivity contribution >= 4 is 73.4 Å². The number of primary amides is 1. The first-order chi connectivity index (χ1) is 15.0. The van der Waals surface area contributed by atoms with Crippen molar-refractivity contribution in [1.29, 1.82) is 0 Å². The number of rotatable bonds is 8. The molecule has 4 rings (SSSR count). The minimum Gasteiger partial charge on any atom is -0.369 e. The van der Waals surface area contributed by atoms with E-state index in [0.717, 1.165) is 31.1 Å². The summed E-state index contributed by atoms with van der Waals surface area (Å²) in [6.45, 7) is 1.84. The molecule has 0 aliphatic carbocycles. The van der Waals surface area contributed by atoms with E-state index in [-0.39, 0.29) is 17.6 Å². The highest BCUT2D eigenvalue weighted by Gasteiger charge is 2.13. The molecular formula is C21H18N4O2S4. The van der Waals surface area contributed by atoms with E-state index in [1.807, 2.05) is 49.4 Å². The highest BCUT2D eigenvalue weighted by molar-refractivity contribution is 8.01. The van der Waals surface area contributed by atoms with Gasteiger partial charge in [-0.05, 0) is 36.8 Å². The third-order valence-corrected chi connectivity index (χ3v) is 8.88. The van der Waals surface area contributed by atoms with Crippen LogP contribution in [0.25, 0.3) is 10.2 Å². The van der Waals surface area contributed by atoms with E-state index in [9.17, 15) is 9.59 Å². The van der Waals surface area contributed by atoms with E-state index in [2.05, 4.69) is 21.4 Å². The first-order valence-corrected chi connectivity index (χ1v) is 12.9. The quantitative estimate of drug-likeness (QED) is 0.333. The SMILES string of the molecule is Cc1nc(NC(=O)c2ccc(CSc3nc4ccccc4s3)cc2)sc1SCC(N)=O. The summed E-state index contributed by atoms with van der Waals surface area (Å²) < 4.78 is 3.09. The third-order valence-electron chi connectivity index (χ3n) is 4.17. The smallest absolute Gasteiger partial charge is 0.257 e. The first kappa shape index (κ1) is 21.8. The molecule has 0 saturated carbocycles. The average Bonchev–Trinajstić information content (AvgIpc) is 3.33. The first-order valence-electron chi connectivity index (χ1n) is 9.25. The fourth-order valence-corrected chi connectivity index (χ4v) is 6.58. The summed E-state index contributed by atoms with van der Waals surface area (Å²) in [5.41, 5.74) is 8.67. The number of para-hydroxylation sites is 1. The zero-order chi connectivity index (χ0) is 21.8. The number of nitrogens with zero attached hydrogens (tertiary/aromatic N) is 2. The molecule has 0 unspecified atom stereocenters. The Balaban J connectivity index is 1.34. The number of amides is 2. The van der Waals surface area contributed by atoms with Crippen LogP contribution in [0, 0.1) is 6.92 Å². The molecule has 0 saturated heterocycles. The van der Waals surface area contributed by atoms with Gasteiger partial charge < -0.3 is 5.73 Å². The number of nitrogens with one attached hydrogen (secondary N) is 1. The lowest BCUT2D eigenvalue weighted by Crippen LogP contribution is -2.12. The number of hydrogen-bond acceptors (Lipinski definition) is 8. The lowest BCUT2D eigenvalue weighted by Gasteiger charge is -2.04. The highest BCUT2D eigenvalue weighted by Crippen LogP contribution is 2.33. The van der Waals surface area contributed by atoms with Crippen LogP contribution in [-0.4, -0.2) is 27.5 Å². The molecule has 2 aromatic carbocycles. The molecule has 6 nitrogen and oxygen atoms in total. The monoisotopic (exact) mass is 486 g/mol. The summed E-state index contributed by atoms with van der Waals surface area (Å²) in [5, 5.41) is 3.33. The number of carbonyl (C=O) groups is 2. The van der Waals surface area contributed by atoms with Crippen LogP contribution < -0.4 is 11.1 Å². The Labute approximate surface area is 195 Å². The van der Waals surface area contributed by atoms with E-state index in [1.165, 1.54) is 27.8 Å². The van der Waals surface area contributed by atoms with Gasteiger partial charge in [-0.2, -0.15) is 0 Å². The molecule has 4 aromatic rings. The zero-order valence-electron chi connectivity index (χ0n) is 16.5. The van der Waals surface area contributed by atoms with Gasteiger partial charge >= 0.3 is 0 Å². The van der Waals surface area contributed by atoms with Gasteiger partial charge in [0, 0.05) is 11.3 Å². The molecule has 158 valence electrons. The van der Waals surface area contributed by atoms with Crippen molar-refractivity contribution < 1.29 is 9.59 Å². The number of benzene rings is 2. The second-order valence-electron chi connectivity index (χ2n) is 6.53. The number of thiazole rings is 2. The van der Waals surface area contributed by atoms with Gasteiger partial charge in [0.15, 0.2) is 9.47 Å². The van der Waals surface area contributed by atoms with Gasteiger partial charge in [0.25, 0.3) is 5.91 Å². The molecule has 0 spiro atoms. The molecule has 10 heteroatoms. The van der Waals surface area contributed by atoms with E-state index < -0.39 is 0 Å². The third kappa shape index (κ3) is 5.65. The molecular weight excluding hydrogens is 469 g/mol. The average molecular weight is 487 g/mol. The Morgan fingerprint density at radius 1 is 1.03 bits per heavy atom. The van der Waals surface area contributed by atoms with Crippen molar-refractivity contribution in [2.75, 3.05) is 11.1 Å². The topological polar surface area (TPSA) is 98.0 Å². The van der Waals surface area contributed by atoms with Crippen LogP contribution in [0.3, 0.4) is 0 Å². The van der Waals surface area contributed by atoms with E-state index in [4.69, 9.17) is 5.73 Å². The summed E-state index contributed by atoms with van der Waals surface area (Å²) in [7, 11) is 0. The van der Waals surface area contributed by atoms with Gasteiger partial charge in [-0.25, -0.2) is 9.97 Å². The number of hydrogen-bond donors (Lipinski definition) is 2. The van der Waals surface area contributed by atoms with Crippen molar-refractivity contribution in [3.63, 3.8) is 0 Å². The molecule has 0 aliphatic heterocycles. The maximum atomic E-state index is 12.6. The summed E-state index contributed by atoms with van der Waals surface area (Å²) in [6.07, 6.45) is 0. The predicted octanol–water partition coefficient (Wildman–Crippen LogP) is 5.18. The molecule has 0 bridgehead atoms. The molecule has 0 fully saturated rings. The minimum atomic E-state index is -0.384. The Morgan fingerprint density at radius 2 is 1.81 bits per heavy atom. The Morgan fingerprint density at radius 3 is 2.55 bits per heavy atom. The fraction of sp³-hybridized carbons (Fsp3) is 0.143. The molecule has 0 aliphatic rings. The van der Waals surface area contributed by atoms with E-state index >= 15 is 0 Å². The Kier molecular flexibility index (Phi) is 6.91. The van der Waals surface area contributed by atoms with Gasteiger partial charge in [0.05, 0.1) is 25.9 Å². The summed E-state index contributed by atoms with van der Waals surface area (Å²) in [5.74, 6) is 0.371. The molecule has 2 amide bonds. The zero-order valence-corrected chi connectivity index (χ0v) is 19.7. The number of nitrogens with two attached hydrogens (primary N) is 1. The molecule has 2 aromatic heterocycles. The number of aryl methyl sites for hydroxylation is 1. The van der Waals surface area contributed by atoms with Crippen LogP contribution in [0.5, 0.6) is 0 Å². The van der Waals surface area contributed by atoms with E-state index in [1.54, 1.807) is 23.1 Å². The highest BCUT2D eigenvalue weighted by atomic mass is 32.2. The molecule has 0 atom stereocenters. The lowest BCUT2D eigenvalue weighted by atomic mass is 10.1. The molecule has 3 N–H and O–H groups in total. The number of anilines is 1. The maximum Gasteiger partial charge on any atom is 0.257 e. The van der Waals surface area contributed by atoms with Crippen molar-refractivity contribution in [1.82, 2.24) is 9.97 Å². The predicted molar refractivity (Wildman–Crippen MR) is 130 cm³/mol. The molecule has 2 heterocycles. The van der Waals surface area contributed by atoms with Crippen molar-refractivity contribution in [2.24, 2.45) is 5.73 Å². The van der Waals surface area contributed by atoms with Crippen molar-refractivity contribution in [3.8, 4) is 0 Å². The Bertz CT molecular complexity index is 1200. The number of thioether (sulfide) groups is 2. The van der Waals surface area contributed by atoms with Crippen LogP contribution in [0.4, 0.5) is 5.13 Å². The summed E-state index contributed by atoms with van der Waals surface area (Å²) in [6, 6.07) is 15.6. The van der Waals surface area contributed by atoms with Crippen LogP contribution in [0.1, 0.15) is 21.6 Å². The lowest BCUT2D eigenvalue weighted by molar-refractivity contribution is -0.115. The minimum absolute atomic E-state index is 0.187. The van der Waals surface area contributed by atoms with Gasteiger partial charge in [0.1, 0.15) is 0 Å². The van der Waals surface area contributed by atoms with Crippen LogP contribution >= 0.6 is 46.2 Å². The van der Waals surface area contributed by atoms with Crippen LogP contribution in [0.2, 0.25) is 0 Å². The second-order valence-corrected chi connectivity index (χ2v) is 11.0. The Hall–Kier alpha value is -2.40. The van der Waals surface area contributed by atoms with Gasteiger partial charge in [0.2, 0.25) is 5.91 Å². The fourth-order valence-electron chi connectivity index (χ4n) is 2.69. The number of carbonyl (C=O) groups excluding carboxylic acids is 2. The molecule has 31 heavy (non-hydrogen) atoms. The number of aromatic nitrogens is 2. The van der Waals surface area contributed by atoms with Gasteiger partial charge in [-0.3, -0.25) is 14.9 Å². The van der Waals surface area contributed by atoms with Crippen molar-refractivity contribution in [3.05, 3.63) is 65.4 Å². The number of fused-ring (bicyclic) bond motifs is 1. The molecule has 0 radical (unpaired) electrons. The van der Waals surface area contributed by atoms with Gasteiger partial charge in [-0.15, -0.1) is 23.1 Å². The van der Waals surface area contributed by atoms with Gasteiger partial charge in [-0.1, -0.05) is 47.4 Å². The maximum absolute atomic E-state index is 12.6. The normalized spacial score (nSPS) is 11.0. The van der Waals surface area contributed by atoms with Crippen molar-refractivity contribution in [2.45, 2.75) is 21.2 Å². The largest absolute Gasteiger partial charge is 0.369 e. The summed E-state index contributed by atoms with van der Waals surface area (Å²) in [4.78, 5) is 32.5. The second kappa shape index (κ2) is 9.82. The van der Waals surface area contributed by atoms with Crippen LogP contribution in [0.15, 0.2) is 57.1 Å². The standard InChI is InChI=1S/C21H18N4O2S4/c1-12-19(28-11-17(22)26)31-20(23-12)25-18(27)14-8-6-13(7-9-14)10-29-21-24-15-4-2-3-5-16(15)30-21/h2-9H,10-11H2,1H3,(H2,22,26)(H,23,25,27). The summed E-state index contributed by atoms with van der Waals surface area (Å²) >= 11 is 6.05.